The van der Waals surface area contributed by atoms with Crippen molar-refractivity contribution in [2.24, 2.45) is 11.7 Å². The number of carbonyl (C=O) groups is 2. The minimum Gasteiger partial charge on any atom is -0.369 e. The van der Waals surface area contributed by atoms with Gasteiger partial charge in [0, 0.05) is 5.92 Å². The van der Waals surface area contributed by atoms with Gasteiger partial charge in [0.05, 0.1) is 23.3 Å². The van der Waals surface area contributed by atoms with E-state index in [4.69, 9.17) is 10.7 Å². The van der Waals surface area contributed by atoms with Gasteiger partial charge in [0.2, 0.25) is 11.8 Å². The molecule has 2 amide bonds. The Kier molecular flexibility index (Phi) is 6.11. The number of piperidine rings is 1. The lowest BCUT2D eigenvalue weighted by molar-refractivity contribution is -0.123. The van der Waals surface area contributed by atoms with Gasteiger partial charge in [-0.15, -0.1) is 0 Å². The van der Waals surface area contributed by atoms with Gasteiger partial charge in [-0.1, -0.05) is 53.8 Å². The maximum Gasteiger partial charge on any atom is 0.243 e. The van der Waals surface area contributed by atoms with Crippen molar-refractivity contribution in [1.29, 1.82) is 0 Å². The molecule has 0 spiro atoms. The van der Waals surface area contributed by atoms with Crippen LogP contribution in [-0.2, 0) is 16.1 Å². The van der Waals surface area contributed by atoms with Crippen molar-refractivity contribution in [2.45, 2.75) is 26.3 Å². The average molecular weight is 423 g/mol. The van der Waals surface area contributed by atoms with Crippen LogP contribution in [0.2, 0.25) is 0 Å². The molecular weight excluding hydrogens is 396 g/mol. The number of hydrogen-bond donors (Lipinski definition) is 1. The predicted octanol–water partition coefficient (Wildman–Crippen LogP) is 3.34. The summed E-state index contributed by atoms with van der Waals surface area (Å²) >= 11 is 1.55. The van der Waals surface area contributed by atoms with Crippen LogP contribution in [0.1, 0.15) is 24.0 Å². The lowest BCUT2D eigenvalue weighted by Gasteiger charge is -2.31. The van der Waals surface area contributed by atoms with Crippen molar-refractivity contribution >= 4 is 38.5 Å². The van der Waals surface area contributed by atoms with Gasteiger partial charge < -0.3 is 5.73 Å². The van der Waals surface area contributed by atoms with Crippen LogP contribution in [0.25, 0.3) is 10.2 Å². The summed E-state index contributed by atoms with van der Waals surface area (Å²) in [7, 11) is 0. The molecule has 2 aromatic carbocycles. The van der Waals surface area contributed by atoms with Crippen LogP contribution in [0.4, 0.5) is 5.13 Å². The molecule has 2 heterocycles. The highest BCUT2D eigenvalue weighted by molar-refractivity contribution is 7.22. The lowest BCUT2D eigenvalue weighted by Crippen LogP contribution is -2.45. The standard InChI is InChI=1S/C23H26N4O2S/c1-16-6-5-9-19-21(16)25-23(30-19)27(14-17-7-3-2-4-8-17)20(28)15-26-12-10-18(11-13-26)22(24)29/h2-9,18H,10-15H2,1H3,(H2,24,29). The minimum atomic E-state index is -0.239. The number of likely N-dealkylation sites (tertiary alicyclic amines) is 1. The Labute approximate surface area is 180 Å². The molecule has 0 aliphatic carbocycles. The summed E-state index contributed by atoms with van der Waals surface area (Å²) in [5.74, 6) is -0.298. The van der Waals surface area contributed by atoms with Gasteiger partial charge >= 0.3 is 0 Å². The number of rotatable bonds is 6. The molecule has 1 aliphatic heterocycles. The number of benzene rings is 2. The Hall–Kier alpha value is -2.77. The fourth-order valence-electron chi connectivity index (χ4n) is 3.87. The first-order valence-electron chi connectivity index (χ1n) is 10.2. The number of hydrogen-bond acceptors (Lipinski definition) is 5. The third-order valence-corrected chi connectivity index (χ3v) is 6.72. The van der Waals surface area contributed by atoms with E-state index in [1.165, 1.54) is 0 Å². The van der Waals surface area contributed by atoms with Crippen LogP contribution in [0.15, 0.2) is 48.5 Å². The minimum absolute atomic E-state index is 0.0214. The van der Waals surface area contributed by atoms with Crippen molar-refractivity contribution in [3.8, 4) is 0 Å². The van der Waals surface area contributed by atoms with E-state index in [9.17, 15) is 9.59 Å². The van der Waals surface area contributed by atoms with Gasteiger partial charge in [0.15, 0.2) is 5.13 Å². The summed E-state index contributed by atoms with van der Waals surface area (Å²) in [6.45, 7) is 4.25. The molecule has 0 unspecified atom stereocenters. The molecule has 0 radical (unpaired) electrons. The van der Waals surface area contributed by atoms with Crippen LogP contribution in [0, 0.1) is 12.8 Å². The molecule has 0 atom stereocenters. The molecule has 0 bridgehead atoms. The average Bonchev–Trinajstić information content (AvgIpc) is 3.18. The number of fused-ring (bicyclic) bond motifs is 1. The quantitative estimate of drug-likeness (QED) is 0.661. The second-order valence-corrected chi connectivity index (χ2v) is 8.85. The normalized spacial score (nSPS) is 15.4. The first-order valence-corrected chi connectivity index (χ1v) is 11.0. The van der Waals surface area contributed by atoms with E-state index < -0.39 is 0 Å². The number of primary amides is 1. The number of thiazole rings is 1. The van der Waals surface area contributed by atoms with E-state index in [2.05, 4.69) is 4.90 Å². The summed E-state index contributed by atoms with van der Waals surface area (Å²) in [6.07, 6.45) is 1.42. The number of para-hydroxylation sites is 1. The SMILES string of the molecule is Cc1cccc2sc(N(Cc3ccccc3)C(=O)CN3CCC(C(N)=O)CC3)nc12. The summed E-state index contributed by atoms with van der Waals surface area (Å²) in [4.78, 5) is 33.5. The topological polar surface area (TPSA) is 79.5 Å². The maximum atomic E-state index is 13.4. The molecule has 1 aliphatic rings. The predicted molar refractivity (Wildman–Crippen MR) is 120 cm³/mol. The van der Waals surface area contributed by atoms with Crippen LogP contribution in [-0.4, -0.2) is 41.3 Å². The Morgan fingerprint density at radius 1 is 1.13 bits per heavy atom. The largest absolute Gasteiger partial charge is 0.369 e. The second kappa shape index (κ2) is 8.93. The van der Waals surface area contributed by atoms with Gasteiger partial charge in [0.25, 0.3) is 0 Å². The second-order valence-electron chi connectivity index (χ2n) is 7.84. The number of aromatic nitrogens is 1. The third kappa shape index (κ3) is 4.52. The summed E-state index contributed by atoms with van der Waals surface area (Å²) < 4.78 is 1.08. The number of aryl methyl sites for hydroxylation is 1. The number of anilines is 1. The Bertz CT molecular complexity index is 1040. The fraction of sp³-hybridized carbons (Fsp3) is 0.348. The lowest BCUT2D eigenvalue weighted by atomic mass is 9.96. The summed E-state index contributed by atoms with van der Waals surface area (Å²) in [6, 6.07) is 16.1. The van der Waals surface area contributed by atoms with Crippen LogP contribution in [0.5, 0.6) is 0 Å². The zero-order valence-electron chi connectivity index (χ0n) is 17.1. The van der Waals surface area contributed by atoms with Gasteiger partial charge in [-0.2, -0.15) is 0 Å². The number of amides is 2. The van der Waals surface area contributed by atoms with E-state index in [0.717, 1.165) is 26.5 Å². The molecule has 1 aromatic heterocycles. The van der Waals surface area contributed by atoms with E-state index in [0.29, 0.717) is 39.0 Å². The van der Waals surface area contributed by atoms with Crippen molar-refractivity contribution in [1.82, 2.24) is 9.88 Å². The fourth-order valence-corrected chi connectivity index (χ4v) is 4.93. The number of nitrogens with two attached hydrogens (primary N) is 1. The van der Waals surface area contributed by atoms with Crippen LogP contribution < -0.4 is 10.6 Å². The van der Waals surface area contributed by atoms with Gasteiger partial charge in [-0.25, -0.2) is 4.98 Å². The molecule has 7 heteroatoms. The molecule has 3 aromatic rings. The van der Waals surface area contributed by atoms with Crippen molar-refractivity contribution in [3.63, 3.8) is 0 Å². The molecule has 4 rings (SSSR count). The van der Waals surface area contributed by atoms with Gasteiger partial charge in [-0.05, 0) is 50.0 Å². The number of nitrogens with zero attached hydrogens (tertiary/aromatic N) is 3. The maximum absolute atomic E-state index is 13.4. The molecule has 156 valence electrons. The van der Waals surface area contributed by atoms with Gasteiger partial charge in [0.1, 0.15) is 0 Å². The van der Waals surface area contributed by atoms with Crippen molar-refractivity contribution in [2.75, 3.05) is 24.5 Å². The first-order chi connectivity index (χ1) is 14.5. The van der Waals surface area contributed by atoms with Crippen molar-refractivity contribution < 1.29 is 9.59 Å². The Morgan fingerprint density at radius 2 is 1.87 bits per heavy atom. The Balaban J connectivity index is 1.56. The van der Waals surface area contributed by atoms with E-state index >= 15 is 0 Å². The smallest absolute Gasteiger partial charge is 0.243 e. The molecule has 6 nitrogen and oxygen atoms in total. The molecule has 1 saturated heterocycles. The molecule has 1 fully saturated rings. The zero-order chi connectivity index (χ0) is 21.1. The molecule has 2 N–H and O–H groups in total. The highest BCUT2D eigenvalue weighted by atomic mass is 32.1. The Morgan fingerprint density at radius 3 is 2.53 bits per heavy atom. The van der Waals surface area contributed by atoms with E-state index in [1.54, 1.807) is 16.2 Å². The van der Waals surface area contributed by atoms with Crippen LogP contribution in [0.3, 0.4) is 0 Å². The zero-order valence-corrected chi connectivity index (χ0v) is 17.9. The highest BCUT2D eigenvalue weighted by Crippen LogP contribution is 2.31. The number of carbonyl (C=O) groups excluding carboxylic acids is 2. The monoisotopic (exact) mass is 422 g/mol. The molecule has 30 heavy (non-hydrogen) atoms. The summed E-state index contributed by atoms with van der Waals surface area (Å²) in [5, 5.41) is 0.722. The molecule has 0 saturated carbocycles. The van der Waals surface area contributed by atoms with E-state index in [1.807, 2.05) is 55.5 Å². The van der Waals surface area contributed by atoms with E-state index in [-0.39, 0.29) is 17.7 Å². The van der Waals surface area contributed by atoms with Crippen LogP contribution >= 0.6 is 11.3 Å². The van der Waals surface area contributed by atoms with Gasteiger partial charge in [-0.3, -0.25) is 19.4 Å². The molecular formula is C23H26N4O2S. The summed E-state index contributed by atoms with van der Waals surface area (Å²) in [5.41, 5.74) is 8.55. The third-order valence-electron chi connectivity index (χ3n) is 5.67. The van der Waals surface area contributed by atoms with Crippen molar-refractivity contribution in [3.05, 3.63) is 59.7 Å². The highest BCUT2D eigenvalue weighted by Gasteiger charge is 2.27. The first kappa shape index (κ1) is 20.5.